The Labute approximate surface area is 153 Å². The molecule has 0 spiro atoms. The first-order valence-corrected chi connectivity index (χ1v) is 9.85. The number of methoxy groups -OCH3 is 1. The average Bonchev–Trinajstić information content (AvgIpc) is 2.68. The molecule has 0 aliphatic carbocycles. The number of carbonyl (C=O) groups is 1. The molecular formula is C19H22N2O4S. The first-order valence-electron chi connectivity index (χ1n) is 8.41. The van der Waals surface area contributed by atoms with Crippen molar-refractivity contribution in [3.63, 3.8) is 0 Å². The van der Waals surface area contributed by atoms with Crippen molar-refractivity contribution >= 4 is 15.8 Å². The number of sulfonamides is 1. The molecule has 1 saturated heterocycles. The number of benzene rings is 2. The van der Waals surface area contributed by atoms with Gasteiger partial charge in [-0.1, -0.05) is 30.3 Å². The second-order valence-corrected chi connectivity index (χ2v) is 8.05. The smallest absolute Gasteiger partial charge is 0.243 e. The summed E-state index contributed by atoms with van der Waals surface area (Å²) in [5, 5.41) is 3.25. The van der Waals surface area contributed by atoms with E-state index in [-0.39, 0.29) is 16.7 Å². The molecule has 0 bridgehead atoms. The highest BCUT2D eigenvalue weighted by molar-refractivity contribution is 7.89. The number of Topliss-reactive ketones (excluding diaryl/α,β-unsaturated/α-hetero) is 1. The Morgan fingerprint density at radius 3 is 2.69 bits per heavy atom. The molecule has 1 N–H and O–H groups in total. The summed E-state index contributed by atoms with van der Waals surface area (Å²) in [6.45, 7) is 2.83. The van der Waals surface area contributed by atoms with Crippen molar-refractivity contribution < 1.29 is 17.9 Å². The first kappa shape index (κ1) is 18.6. The Hall–Kier alpha value is -2.22. The lowest BCUT2D eigenvalue weighted by molar-refractivity contribution is 0.101. The third-order valence-corrected chi connectivity index (χ3v) is 6.44. The van der Waals surface area contributed by atoms with Crippen LogP contribution < -0.4 is 10.1 Å². The Balaban J connectivity index is 2.04. The van der Waals surface area contributed by atoms with Crippen LogP contribution in [-0.4, -0.2) is 45.3 Å². The highest BCUT2D eigenvalue weighted by Crippen LogP contribution is 2.34. The maximum atomic E-state index is 13.3. The Morgan fingerprint density at radius 1 is 1.19 bits per heavy atom. The van der Waals surface area contributed by atoms with Crippen molar-refractivity contribution in [2.24, 2.45) is 0 Å². The van der Waals surface area contributed by atoms with E-state index in [1.54, 1.807) is 19.2 Å². The summed E-state index contributed by atoms with van der Waals surface area (Å²) in [4.78, 5) is 11.8. The van der Waals surface area contributed by atoms with Gasteiger partial charge in [0.05, 0.1) is 18.0 Å². The lowest BCUT2D eigenvalue weighted by Gasteiger charge is -2.36. The van der Waals surface area contributed by atoms with E-state index in [2.05, 4.69) is 5.32 Å². The molecule has 138 valence electrons. The maximum Gasteiger partial charge on any atom is 0.243 e. The van der Waals surface area contributed by atoms with Gasteiger partial charge in [0.25, 0.3) is 0 Å². The standard InChI is InChI=1S/C19H22N2O4S/c1-14(22)15-6-5-7-16(12-15)26(23,24)21-11-10-20-13-18(21)17-8-3-4-9-19(17)25-2/h3-9,12,18,20H,10-11,13H2,1-2H3. The minimum Gasteiger partial charge on any atom is -0.496 e. The van der Waals surface area contributed by atoms with Crippen molar-refractivity contribution in [2.45, 2.75) is 17.9 Å². The molecular weight excluding hydrogens is 352 g/mol. The Bertz CT molecular complexity index is 911. The lowest BCUT2D eigenvalue weighted by Crippen LogP contribution is -2.48. The number of hydrogen-bond donors (Lipinski definition) is 1. The van der Waals surface area contributed by atoms with Crippen molar-refractivity contribution in [1.82, 2.24) is 9.62 Å². The number of piperazine rings is 1. The lowest BCUT2D eigenvalue weighted by atomic mass is 10.0. The molecule has 7 heteroatoms. The minimum absolute atomic E-state index is 0.131. The second-order valence-electron chi connectivity index (χ2n) is 6.16. The first-order chi connectivity index (χ1) is 12.4. The van der Waals surface area contributed by atoms with Gasteiger partial charge in [-0.2, -0.15) is 4.31 Å². The molecule has 0 amide bonds. The summed E-state index contributed by atoms with van der Waals surface area (Å²) >= 11 is 0. The minimum atomic E-state index is -3.75. The average molecular weight is 374 g/mol. The monoisotopic (exact) mass is 374 g/mol. The topological polar surface area (TPSA) is 75.7 Å². The van der Waals surface area contributed by atoms with E-state index in [1.165, 1.54) is 23.4 Å². The number of hydrogen-bond acceptors (Lipinski definition) is 5. The van der Waals surface area contributed by atoms with E-state index >= 15 is 0 Å². The van der Waals surface area contributed by atoms with Gasteiger partial charge in [0.2, 0.25) is 10.0 Å². The predicted molar refractivity (Wildman–Crippen MR) is 98.9 cm³/mol. The van der Waals surface area contributed by atoms with Gasteiger partial charge < -0.3 is 10.1 Å². The second kappa shape index (κ2) is 7.57. The molecule has 1 aliphatic heterocycles. The molecule has 3 rings (SSSR count). The SMILES string of the molecule is COc1ccccc1C1CNCCN1S(=O)(=O)c1cccc(C(C)=O)c1. The van der Waals surface area contributed by atoms with E-state index in [1.807, 2.05) is 24.3 Å². The number of rotatable bonds is 5. The van der Waals surface area contributed by atoms with E-state index in [9.17, 15) is 13.2 Å². The summed E-state index contributed by atoms with van der Waals surface area (Å²) in [6.07, 6.45) is 0. The number of ether oxygens (including phenoxy) is 1. The normalized spacial score (nSPS) is 18.5. The molecule has 1 heterocycles. The van der Waals surface area contributed by atoms with Crippen molar-refractivity contribution in [3.05, 3.63) is 59.7 Å². The predicted octanol–water partition coefficient (Wildman–Crippen LogP) is 2.23. The molecule has 0 saturated carbocycles. The fraction of sp³-hybridized carbons (Fsp3) is 0.316. The Morgan fingerprint density at radius 2 is 1.96 bits per heavy atom. The molecule has 1 atom stereocenters. The van der Waals surface area contributed by atoms with Crippen LogP contribution in [0.5, 0.6) is 5.75 Å². The number of para-hydroxylation sites is 1. The number of nitrogens with zero attached hydrogens (tertiary/aromatic N) is 1. The summed E-state index contributed by atoms with van der Waals surface area (Å²) in [6, 6.07) is 13.2. The summed E-state index contributed by atoms with van der Waals surface area (Å²) < 4.78 is 33.5. The highest BCUT2D eigenvalue weighted by atomic mass is 32.2. The van der Waals surface area contributed by atoms with Crippen LogP contribution in [0.25, 0.3) is 0 Å². The quantitative estimate of drug-likeness (QED) is 0.813. The highest BCUT2D eigenvalue weighted by Gasteiger charge is 2.35. The van der Waals surface area contributed by atoms with Gasteiger partial charge in [-0.25, -0.2) is 8.42 Å². The van der Waals surface area contributed by atoms with Gasteiger partial charge in [-0.3, -0.25) is 4.79 Å². The number of carbonyl (C=O) groups excluding carboxylic acids is 1. The number of ketones is 1. The van der Waals surface area contributed by atoms with Gasteiger partial charge in [0, 0.05) is 30.8 Å². The van der Waals surface area contributed by atoms with E-state index in [0.717, 1.165) is 5.56 Å². The Kier molecular flexibility index (Phi) is 5.41. The number of nitrogens with one attached hydrogen (secondary N) is 1. The van der Waals surface area contributed by atoms with Crippen LogP contribution in [0.2, 0.25) is 0 Å². The fourth-order valence-corrected chi connectivity index (χ4v) is 4.84. The molecule has 0 aromatic heterocycles. The summed E-state index contributed by atoms with van der Waals surface area (Å²) in [5.41, 5.74) is 1.20. The van der Waals surface area contributed by atoms with Gasteiger partial charge in [0.1, 0.15) is 5.75 Å². The molecule has 26 heavy (non-hydrogen) atoms. The van der Waals surface area contributed by atoms with E-state index in [4.69, 9.17) is 4.74 Å². The fourth-order valence-electron chi connectivity index (χ4n) is 3.19. The van der Waals surface area contributed by atoms with Crippen molar-refractivity contribution in [2.75, 3.05) is 26.7 Å². The largest absolute Gasteiger partial charge is 0.496 e. The maximum absolute atomic E-state index is 13.3. The zero-order valence-corrected chi connectivity index (χ0v) is 15.6. The third-order valence-electron chi connectivity index (χ3n) is 4.54. The van der Waals surface area contributed by atoms with Crippen LogP contribution in [0.4, 0.5) is 0 Å². The zero-order valence-electron chi connectivity index (χ0n) is 14.8. The van der Waals surface area contributed by atoms with Crippen LogP contribution in [0.1, 0.15) is 28.9 Å². The zero-order chi connectivity index (χ0) is 18.7. The van der Waals surface area contributed by atoms with Crippen LogP contribution >= 0.6 is 0 Å². The van der Waals surface area contributed by atoms with Gasteiger partial charge in [-0.15, -0.1) is 0 Å². The molecule has 1 fully saturated rings. The summed E-state index contributed by atoms with van der Waals surface area (Å²) in [5.74, 6) is 0.488. The molecule has 1 unspecified atom stereocenters. The molecule has 0 radical (unpaired) electrons. The van der Waals surface area contributed by atoms with Gasteiger partial charge in [-0.05, 0) is 25.1 Å². The molecule has 2 aromatic rings. The van der Waals surface area contributed by atoms with Gasteiger partial charge >= 0.3 is 0 Å². The molecule has 2 aromatic carbocycles. The van der Waals surface area contributed by atoms with Gasteiger partial charge in [0.15, 0.2) is 5.78 Å². The van der Waals surface area contributed by atoms with Crippen molar-refractivity contribution in [1.29, 1.82) is 0 Å². The van der Waals surface area contributed by atoms with Crippen LogP contribution in [0, 0.1) is 0 Å². The molecule has 6 nitrogen and oxygen atoms in total. The molecule has 1 aliphatic rings. The van der Waals surface area contributed by atoms with Crippen LogP contribution in [0.15, 0.2) is 53.4 Å². The van der Waals surface area contributed by atoms with Crippen LogP contribution in [0.3, 0.4) is 0 Å². The van der Waals surface area contributed by atoms with E-state index < -0.39 is 10.0 Å². The van der Waals surface area contributed by atoms with E-state index in [0.29, 0.717) is 30.9 Å². The summed E-state index contributed by atoms with van der Waals surface area (Å²) in [7, 11) is -2.18. The van der Waals surface area contributed by atoms with Crippen LogP contribution in [-0.2, 0) is 10.0 Å². The third kappa shape index (κ3) is 3.51. The van der Waals surface area contributed by atoms with Crippen molar-refractivity contribution in [3.8, 4) is 5.75 Å².